The van der Waals surface area contributed by atoms with E-state index in [2.05, 4.69) is 29.3 Å². The predicted octanol–water partition coefficient (Wildman–Crippen LogP) is 3.19. The Morgan fingerprint density at radius 3 is 2.61 bits per heavy atom. The molecule has 28 heavy (non-hydrogen) atoms. The Morgan fingerprint density at radius 2 is 1.86 bits per heavy atom. The van der Waals surface area contributed by atoms with Crippen molar-refractivity contribution in [3.8, 4) is 17.1 Å². The van der Waals surface area contributed by atoms with E-state index in [1.54, 1.807) is 0 Å². The van der Waals surface area contributed by atoms with Crippen molar-refractivity contribution >= 4 is 17.7 Å². The smallest absolute Gasteiger partial charge is 0.233 e. The standard InChI is InChI=1S/C21H22N4O2S/c1-16-6-5-9-18(14-16)25-20(17-7-3-2-4-8-17)22-23-21(25)28-15-19(26)24-10-12-27-13-11-24/h2-9,14H,10-13,15H2,1H3. The van der Waals surface area contributed by atoms with Crippen LogP contribution < -0.4 is 0 Å². The molecular formula is C21H22N4O2S. The molecule has 7 heteroatoms. The molecule has 0 aliphatic carbocycles. The number of rotatable bonds is 5. The summed E-state index contributed by atoms with van der Waals surface area (Å²) >= 11 is 1.42. The van der Waals surface area contributed by atoms with E-state index in [1.165, 1.54) is 11.8 Å². The largest absolute Gasteiger partial charge is 0.378 e. The first-order valence-electron chi connectivity index (χ1n) is 9.28. The third kappa shape index (κ3) is 4.10. The molecule has 1 saturated heterocycles. The van der Waals surface area contributed by atoms with E-state index in [1.807, 2.05) is 51.9 Å². The second-order valence-electron chi connectivity index (χ2n) is 6.63. The quantitative estimate of drug-likeness (QED) is 0.622. The first kappa shape index (κ1) is 18.7. The molecule has 0 N–H and O–H groups in total. The van der Waals surface area contributed by atoms with Gasteiger partial charge in [-0.1, -0.05) is 54.2 Å². The highest BCUT2D eigenvalue weighted by atomic mass is 32.2. The van der Waals surface area contributed by atoms with Gasteiger partial charge in [-0.25, -0.2) is 0 Å². The van der Waals surface area contributed by atoms with Crippen LogP contribution in [0.3, 0.4) is 0 Å². The molecule has 0 saturated carbocycles. The summed E-state index contributed by atoms with van der Waals surface area (Å²) in [5, 5.41) is 9.54. The van der Waals surface area contributed by atoms with Crippen LogP contribution in [-0.4, -0.2) is 57.6 Å². The van der Waals surface area contributed by atoms with Gasteiger partial charge in [0.25, 0.3) is 0 Å². The Hall–Kier alpha value is -2.64. The first-order chi connectivity index (χ1) is 13.7. The lowest BCUT2D eigenvalue weighted by Crippen LogP contribution is -2.41. The third-order valence-electron chi connectivity index (χ3n) is 4.61. The zero-order chi connectivity index (χ0) is 19.3. The number of aryl methyl sites for hydroxylation is 1. The van der Waals surface area contributed by atoms with E-state index in [9.17, 15) is 4.79 Å². The van der Waals surface area contributed by atoms with Gasteiger partial charge in [-0.2, -0.15) is 0 Å². The molecular weight excluding hydrogens is 372 g/mol. The molecule has 0 radical (unpaired) electrons. The van der Waals surface area contributed by atoms with Crippen molar-refractivity contribution in [2.45, 2.75) is 12.1 Å². The van der Waals surface area contributed by atoms with E-state index < -0.39 is 0 Å². The van der Waals surface area contributed by atoms with E-state index in [-0.39, 0.29) is 5.91 Å². The molecule has 1 aliphatic rings. The predicted molar refractivity (Wildman–Crippen MR) is 110 cm³/mol. The summed E-state index contributed by atoms with van der Waals surface area (Å²) in [5.74, 6) is 1.21. The lowest BCUT2D eigenvalue weighted by molar-refractivity contribution is -0.132. The summed E-state index contributed by atoms with van der Waals surface area (Å²) in [6, 6.07) is 18.2. The minimum atomic E-state index is 0.105. The summed E-state index contributed by atoms with van der Waals surface area (Å²) in [6.45, 7) is 4.57. The Labute approximate surface area is 168 Å². The number of benzene rings is 2. The van der Waals surface area contributed by atoms with Gasteiger partial charge in [0, 0.05) is 24.3 Å². The number of nitrogens with zero attached hydrogens (tertiary/aromatic N) is 4. The first-order valence-corrected chi connectivity index (χ1v) is 10.3. The van der Waals surface area contributed by atoms with Gasteiger partial charge in [0.15, 0.2) is 11.0 Å². The number of amides is 1. The zero-order valence-corrected chi connectivity index (χ0v) is 16.6. The van der Waals surface area contributed by atoms with Crippen molar-refractivity contribution < 1.29 is 9.53 Å². The molecule has 0 spiro atoms. The van der Waals surface area contributed by atoms with Gasteiger partial charge >= 0.3 is 0 Å². The monoisotopic (exact) mass is 394 g/mol. The number of morpholine rings is 1. The molecule has 2 heterocycles. The average molecular weight is 395 g/mol. The van der Waals surface area contributed by atoms with Crippen LogP contribution in [0.15, 0.2) is 59.8 Å². The van der Waals surface area contributed by atoms with Gasteiger partial charge in [0.1, 0.15) is 0 Å². The van der Waals surface area contributed by atoms with Gasteiger partial charge < -0.3 is 9.64 Å². The van der Waals surface area contributed by atoms with Crippen molar-refractivity contribution in [3.05, 3.63) is 60.2 Å². The van der Waals surface area contributed by atoms with Crippen molar-refractivity contribution in [2.24, 2.45) is 0 Å². The highest BCUT2D eigenvalue weighted by molar-refractivity contribution is 7.99. The fourth-order valence-corrected chi connectivity index (χ4v) is 4.02. The van der Waals surface area contributed by atoms with Crippen LogP contribution in [0, 0.1) is 6.92 Å². The lowest BCUT2D eigenvalue weighted by Gasteiger charge is -2.26. The van der Waals surface area contributed by atoms with Crippen molar-refractivity contribution in [1.82, 2.24) is 19.7 Å². The van der Waals surface area contributed by atoms with Crippen LogP contribution in [0.25, 0.3) is 17.1 Å². The molecule has 0 unspecified atom stereocenters. The average Bonchev–Trinajstić information content (AvgIpc) is 3.17. The summed E-state index contributed by atoms with van der Waals surface area (Å²) in [5.41, 5.74) is 3.14. The molecule has 1 amide bonds. The van der Waals surface area contributed by atoms with Crippen molar-refractivity contribution in [3.63, 3.8) is 0 Å². The molecule has 1 fully saturated rings. The van der Waals surface area contributed by atoms with Crippen LogP contribution in [-0.2, 0) is 9.53 Å². The maximum absolute atomic E-state index is 12.5. The van der Waals surface area contributed by atoms with Crippen LogP contribution in [0.2, 0.25) is 0 Å². The molecule has 144 valence electrons. The summed E-state index contributed by atoms with van der Waals surface area (Å²) in [7, 11) is 0. The number of carbonyl (C=O) groups excluding carboxylic acids is 1. The van der Waals surface area contributed by atoms with Crippen LogP contribution in [0.5, 0.6) is 0 Å². The zero-order valence-electron chi connectivity index (χ0n) is 15.7. The molecule has 0 atom stereocenters. The molecule has 0 bridgehead atoms. The van der Waals surface area contributed by atoms with Gasteiger partial charge in [0.05, 0.1) is 19.0 Å². The summed E-state index contributed by atoms with van der Waals surface area (Å²) in [4.78, 5) is 14.4. The second kappa shape index (κ2) is 8.58. The summed E-state index contributed by atoms with van der Waals surface area (Å²) < 4.78 is 7.35. The topological polar surface area (TPSA) is 60.2 Å². The number of carbonyl (C=O) groups is 1. The van der Waals surface area contributed by atoms with Gasteiger partial charge in [-0.05, 0) is 24.6 Å². The Morgan fingerprint density at radius 1 is 1.07 bits per heavy atom. The molecule has 1 aromatic heterocycles. The Kier molecular flexibility index (Phi) is 5.73. The van der Waals surface area contributed by atoms with Crippen molar-refractivity contribution in [2.75, 3.05) is 32.1 Å². The Balaban J connectivity index is 1.63. The number of hydrogen-bond donors (Lipinski definition) is 0. The molecule has 6 nitrogen and oxygen atoms in total. The van der Waals surface area contributed by atoms with E-state index in [4.69, 9.17) is 4.74 Å². The maximum atomic E-state index is 12.5. The van der Waals surface area contributed by atoms with Crippen molar-refractivity contribution in [1.29, 1.82) is 0 Å². The summed E-state index contributed by atoms with van der Waals surface area (Å²) in [6.07, 6.45) is 0. The highest BCUT2D eigenvalue weighted by Gasteiger charge is 2.20. The van der Waals surface area contributed by atoms with E-state index >= 15 is 0 Å². The number of hydrogen-bond acceptors (Lipinski definition) is 5. The van der Waals surface area contributed by atoms with Gasteiger partial charge in [-0.15, -0.1) is 10.2 Å². The number of ether oxygens (including phenoxy) is 1. The van der Waals surface area contributed by atoms with Gasteiger partial charge in [0.2, 0.25) is 5.91 Å². The fraction of sp³-hybridized carbons (Fsp3) is 0.286. The van der Waals surface area contributed by atoms with E-state index in [0.717, 1.165) is 22.6 Å². The number of thioether (sulfide) groups is 1. The normalized spacial score (nSPS) is 14.2. The number of aromatic nitrogens is 3. The molecule has 3 aromatic rings. The highest BCUT2D eigenvalue weighted by Crippen LogP contribution is 2.28. The van der Waals surface area contributed by atoms with E-state index in [0.29, 0.717) is 37.2 Å². The maximum Gasteiger partial charge on any atom is 0.233 e. The minimum absolute atomic E-state index is 0.105. The Bertz CT molecular complexity index is 952. The molecule has 4 rings (SSSR count). The lowest BCUT2D eigenvalue weighted by atomic mass is 10.2. The van der Waals surface area contributed by atoms with Crippen LogP contribution in [0.4, 0.5) is 0 Å². The molecule has 1 aliphatic heterocycles. The van der Waals surface area contributed by atoms with Gasteiger partial charge in [-0.3, -0.25) is 9.36 Å². The van der Waals surface area contributed by atoms with Crippen LogP contribution >= 0.6 is 11.8 Å². The molecule has 2 aromatic carbocycles. The fourth-order valence-electron chi connectivity index (χ4n) is 3.17. The van der Waals surface area contributed by atoms with Crippen LogP contribution in [0.1, 0.15) is 5.56 Å². The third-order valence-corrected chi connectivity index (χ3v) is 5.53. The minimum Gasteiger partial charge on any atom is -0.378 e. The SMILES string of the molecule is Cc1cccc(-n2c(SCC(=O)N3CCOCC3)nnc2-c2ccccc2)c1. The second-order valence-corrected chi connectivity index (χ2v) is 7.57.